The maximum absolute atomic E-state index is 11.3. The van der Waals surface area contributed by atoms with Crippen LogP contribution in [0.25, 0.3) is 0 Å². The van der Waals surface area contributed by atoms with Gasteiger partial charge in [0.1, 0.15) is 0 Å². The van der Waals surface area contributed by atoms with E-state index < -0.39 is 0 Å². The molecule has 2 rings (SSSR count). The molecular weight excluding hydrogens is 156 g/mol. The number of ketones is 1. The highest BCUT2D eigenvalue weighted by atomic mass is 16.2. The molecule has 4 heteroatoms. The molecular formula is C8H10N2O2. The molecule has 0 aromatic carbocycles. The monoisotopic (exact) mass is 166 g/mol. The van der Waals surface area contributed by atoms with Crippen LogP contribution in [0, 0.1) is 0 Å². The summed E-state index contributed by atoms with van der Waals surface area (Å²) in [6.45, 7) is 0.879. The van der Waals surface area contributed by atoms with Crippen LogP contribution >= 0.6 is 0 Å². The van der Waals surface area contributed by atoms with Gasteiger partial charge in [-0.15, -0.1) is 0 Å². The van der Waals surface area contributed by atoms with E-state index >= 15 is 0 Å². The third-order valence-electron chi connectivity index (χ3n) is 2.15. The predicted octanol–water partition coefficient (Wildman–Crippen LogP) is 0.258. The number of fused-ring (bicyclic) bond motifs is 1. The summed E-state index contributed by atoms with van der Waals surface area (Å²) in [5.41, 5.74) is 0.870. The van der Waals surface area contributed by atoms with Crippen LogP contribution in [-0.2, 0) is 4.79 Å². The van der Waals surface area contributed by atoms with Gasteiger partial charge in [0, 0.05) is 18.3 Å². The Morgan fingerprint density at radius 3 is 3.08 bits per heavy atom. The zero-order valence-corrected chi connectivity index (χ0v) is 6.67. The van der Waals surface area contributed by atoms with E-state index in [-0.39, 0.29) is 18.4 Å². The summed E-state index contributed by atoms with van der Waals surface area (Å²) in [5.74, 6) is -0.0113. The molecule has 2 heterocycles. The van der Waals surface area contributed by atoms with E-state index in [1.54, 1.807) is 11.0 Å². The summed E-state index contributed by atoms with van der Waals surface area (Å²) in [5, 5.41) is 2.55. The molecule has 0 aromatic rings. The second-order valence-corrected chi connectivity index (χ2v) is 3.02. The molecule has 0 atom stereocenters. The lowest BCUT2D eigenvalue weighted by Crippen LogP contribution is -2.36. The molecule has 64 valence electrons. The van der Waals surface area contributed by atoms with Gasteiger partial charge in [0.05, 0.1) is 6.54 Å². The van der Waals surface area contributed by atoms with Gasteiger partial charge in [0.15, 0.2) is 5.78 Å². The minimum atomic E-state index is -0.135. The lowest BCUT2D eigenvalue weighted by Gasteiger charge is -2.14. The van der Waals surface area contributed by atoms with Crippen molar-refractivity contribution in [3.05, 3.63) is 11.8 Å². The van der Waals surface area contributed by atoms with Crippen LogP contribution in [0.15, 0.2) is 11.8 Å². The quantitative estimate of drug-likeness (QED) is 0.561. The Hall–Kier alpha value is -1.32. The molecule has 2 aliphatic rings. The van der Waals surface area contributed by atoms with Gasteiger partial charge in [-0.2, -0.15) is 0 Å². The van der Waals surface area contributed by atoms with Gasteiger partial charge < -0.3 is 5.32 Å². The Balaban J connectivity index is 2.30. The van der Waals surface area contributed by atoms with E-state index in [1.807, 2.05) is 0 Å². The summed E-state index contributed by atoms with van der Waals surface area (Å²) in [7, 11) is 0. The van der Waals surface area contributed by atoms with Crippen LogP contribution in [0.4, 0.5) is 4.79 Å². The molecule has 0 bridgehead atoms. The van der Waals surface area contributed by atoms with Gasteiger partial charge >= 0.3 is 6.03 Å². The molecule has 0 unspecified atom stereocenters. The Bertz CT molecular complexity index is 270. The topological polar surface area (TPSA) is 49.4 Å². The summed E-state index contributed by atoms with van der Waals surface area (Å²) in [6, 6.07) is -0.135. The smallest absolute Gasteiger partial charge is 0.321 e. The summed E-state index contributed by atoms with van der Waals surface area (Å²) < 4.78 is 0. The third-order valence-corrected chi connectivity index (χ3v) is 2.15. The maximum atomic E-state index is 11.3. The Kier molecular flexibility index (Phi) is 1.60. The standard InChI is InChI=1S/C8H10N2O2/c11-7-4-6-2-1-3-10(6)8(12)9-5-7/h4H,1-3,5H2,(H,9,12). The number of carbonyl (C=O) groups excluding carboxylic acids is 2. The van der Waals surface area contributed by atoms with Crippen LogP contribution in [0.1, 0.15) is 12.8 Å². The summed E-state index contributed by atoms with van der Waals surface area (Å²) >= 11 is 0. The first kappa shape index (κ1) is 7.34. The molecule has 2 amide bonds. The molecule has 4 nitrogen and oxygen atoms in total. The van der Waals surface area contributed by atoms with Crippen LogP contribution in [0.2, 0.25) is 0 Å². The number of allylic oxidation sites excluding steroid dienone is 1. The van der Waals surface area contributed by atoms with Crippen molar-refractivity contribution in [2.45, 2.75) is 12.8 Å². The fraction of sp³-hybridized carbons (Fsp3) is 0.500. The number of hydrogen-bond donors (Lipinski definition) is 1. The first-order valence-corrected chi connectivity index (χ1v) is 4.06. The molecule has 2 aliphatic heterocycles. The van der Waals surface area contributed by atoms with Gasteiger partial charge in [0.2, 0.25) is 0 Å². The van der Waals surface area contributed by atoms with Crippen molar-refractivity contribution in [3.63, 3.8) is 0 Å². The number of nitrogens with zero attached hydrogens (tertiary/aromatic N) is 1. The number of nitrogens with one attached hydrogen (secondary N) is 1. The molecule has 1 fully saturated rings. The largest absolute Gasteiger partial charge is 0.330 e. The molecule has 1 saturated heterocycles. The zero-order chi connectivity index (χ0) is 8.55. The second kappa shape index (κ2) is 2.62. The highest BCUT2D eigenvalue weighted by Crippen LogP contribution is 2.21. The van der Waals surface area contributed by atoms with Crippen molar-refractivity contribution < 1.29 is 9.59 Å². The third kappa shape index (κ3) is 1.09. The van der Waals surface area contributed by atoms with E-state index in [0.29, 0.717) is 0 Å². The number of hydrogen-bond acceptors (Lipinski definition) is 2. The maximum Gasteiger partial charge on any atom is 0.321 e. The highest BCUT2D eigenvalue weighted by molar-refractivity contribution is 5.96. The van der Waals surface area contributed by atoms with Gasteiger partial charge in [-0.05, 0) is 12.8 Å². The average Bonchev–Trinajstić information content (AvgIpc) is 2.44. The lowest BCUT2D eigenvalue weighted by molar-refractivity contribution is -0.113. The van der Waals surface area contributed by atoms with Crippen LogP contribution < -0.4 is 5.32 Å². The highest BCUT2D eigenvalue weighted by Gasteiger charge is 2.26. The normalized spacial score (nSPS) is 23.0. The van der Waals surface area contributed by atoms with E-state index in [4.69, 9.17) is 0 Å². The van der Waals surface area contributed by atoms with Crippen molar-refractivity contribution in [1.29, 1.82) is 0 Å². The predicted molar refractivity (Wildman–Crippen MR) is 42.4 cm³/mol. The number of carbonyl (C=O) groups is 2. The van der Waals surface area contributed by atoms with Crippen molar-refractivity contribution in [1.82, 2.24) is 10.2 Å². The summed E-state index contributed by atoms with van der Waals surface area (Å²) in [4.78, 5) is 24.0. The minimum Gasteiger partial charge on any atom is -0.330 e. The van der Waals surface area contributed by atoms with E-state index in [0.717, 1.165) is 25.1 Å². The van der Waals surface area contributed by atoms with E-state index in [1.165, 1.54) is 0 Å². The molecule has 0 aliphatic carbocycles. The van der Waals surface area contributed by atoms with E-state index in [9.17, 15) is 9.59 Å². The van der Waals surface area contributed by atoms with Crippen molar-refractivity contribution >= 4 is 11.8 Å². The molecule has 1 N–H and O–H groups in total. The molecule has 0 spiro atoms. The Morgan fingerprint density at radius 2 is 2.25 bits per heavy atom. The van der Waals surface area contributed by atoms with Gasteiger partial charge in [-0.3, -0.25) is 9.69 Å². The summed E-state index contributed by atoms with van der Waals surface area (Å²) in [6.07, 6.45) is 3.39. The molecule has 0 aromatic heterocycles. The van der Waals surface area contributed by atoms with Crippen LogP contribution in [0.3, 0.4) is 0 Å². The second-order valence-electron chi connectivity index (χ2n) is 3.02. The van der Waals surface area contributed by atoms with Crippen molar-refractivity contribution in [2.75, 3.05) is 13.1 Å². The van der Waals surface area contributed by atoms with Crippen molar-refractivity contribution in [3.8, 4) is 0 Å². The fourth-order valence-corrected chi connectivity index (χ4v) is 1.57. The molecule has 0 radical (unpaired) electrons. The molecule has 0 saturated carbocycles. The number of urea groups is 1. The fourth-order valence-electron chi connectivity index (χ4n) is 1.57. The minimum absolute atomic E-state index is 0.0113. The van der Waals surface area contributed by atoms with Crippen molar-refractivity contribution in [2.24, 2.45) is 0 Å². The molecule has 12 heavy (non-hydrogen) atoms. The SMILES string of the molecule is O=C1C=C2CCCN2C(=O)NC1. The van der Waals surface area contributed by atoms with Gasteiger partial charge in [-0.1, -0.05) is 0 Å². The Labute approximate surface area is 70.2 Å². The average molecular weight is 166 g/mol. The number of amides is 2. The van der Waals surface area contributed by atoms with Crippen LogP contribution in [-0.4, -0.2) is 29.8 Å². The van der Waals surface area contributed by atoms with Crippen LogP contribution in [0.5, 0.6) is 0 Å². The van der Waals surface area contributed by atoms with Gasteiger partial charge in [-0.25, -0.2) is 4.79 Å². The van der Waals surface area contributed by atoms with Gasteiger partial charge in [0.25, 0.3) is 0 Å². The van der Waals surface area contributed by atoms with E-state index in [2.05, 4.69) is 5.32 Å². The number of rotatable bonds is 0. The first-order chi connectivity index (χ1) is 5.77. The zero-order valence-electron chi connectivity index (χ0n) is 6.67. The first-order valence-electron chi connectivity index (χ1n) is 4.06. The Morgan fingerprint density at radius 1 is 1.42 bits per heavy atom. The lowest BCUT2D eigenvalue weighted by atomic mass is 10.2.